The summed E-state index contributed by atoms with van der Waals surface area (Å²) in [6.07, 6.45) is 2.23. The van der Waals surface area contributed by atoms with Gasteiger partial charge in [-0.25, -0.2) is 4.79 Å². The molecule has 1 fully saturated rings. The van der Waals surface area contributed by atoms with E-state index in [0.717, 1.165) is 12.8 Å². The third-order valence-corrected chi connectivity index (χ3v) is 3.27. The highest BCUT2D eigenvalue weighted by Crippen LogP contribution is 2.23. The Labute approximate surface area is 102 Å². The number of nitrogens with zero attached hydrogens (tertiary/aromatic N) is 1. The van der Waals surface area contributed by atoms with Crippen LogP contribution in [-0.4, -0.2) is 40.5 Å². The molecule has 0 radical (unpaired) electrons. The number of hydrogen-bond acceptors (Lipinski definition) is 3. The maximum absolute atomic E-state index is 12.2. The van der Waals surface area contributed by atoms with Crippen LogP contribution in [0.2, 0.25) is 0 Å². The summed E-state index contributed by atoms with van der Waals surface area (Å²) >= 11 is 0. The molecule has 1 amide bonds. The van der Waals surface area contributed by atoms with Gasteiger partial charge in [-0.2, -0.15) is 0 Å². The lowest BCUT2D eigenvalue weighted by atomic mass is 9.85. The first-order valence-corrected chi connectivity index (χ1v) is 6.04. The molecule has 0 bridgehead atoms. The molecule has 0 aromatic heterocycles. The lowest BCUT2D eigenvalue weighted by Crippen LogP contribution is -2.56. The van der Waals surface area contributed by atoms with E-state index in [2.05, 4.69) is 0 Å². The summed E-state index contributed by atoms with van der Waals surface area (Å²) in [5.41, 5.74) is 5.55. The fraction of sp³-hybridized carbons (Fsp3) is 0.833. The van der Waals surface area contributed by atoms with Crippen molar-refractivity contribution in [3.05, 3.63) is 0 Å². The molecular formula is C12H22N2O3. The molecule has 1 heterocycles. The van der Waals surface area contributed by atoms with Gasteiger partial charge in [0.1, 0.15) is 6.04 Å². The van der Waals surface area contributed by atoms with Gasteiger partial charge in [-0.15, -0.1) is 0 Å². The average Bonchev–Trinajstić information content (AvgIpc) is 2.25. The summed E-state index contributed by atoms with van der Waals surface area (Å²) in [4.78, 5) is 24.7. The second-order valence-electron chi connectivity index (χ2n) is 5.73. The van der Waals surface area contributed by atoms with Crippen LogP contribution in [-0.2, 0) is 9.59 Å². The number of rotatable bonds is 2. The highest BCUT2D eigenvalue weighted by Gasteiger charge is 2.37. The topological polar surface area (TPSA) is 83.6 Å². The number of likely N-dealkylation sites (tertiary alicyclic amines) is 1. The molecule has 1 rings (SSSR count). The van der Waals surface area contributed by atoms with E-state index in [0.29, 0.717) is 13.0 Å². The molecular weight excluding hydrogens is 220 g/mol. The third-order valence-electron chi connectivity index (χ3n) is 3.27. The normalized spacial score (nSPS) is 23.3. The Morgan fingerprint density at radius 2 is 1.94 bits per heavy atom. The molecule has 0 saturated carbocycles. The lowest BCUT2D eigenvalue weighted by Gasteiger charge is -2.37. The quantitative estimate of drug-likeness (QED) is 0.751. The number of piperidine rings is 1. The number of carbonyl (C=O) groups excluding carboxylic acids is 1. The molecule has 5 heteroatoms. The Kier molecular flexibility index (Phi) is 4.14. The van der Waals surface area contributed by atoms with E-state index in [-0.39, 0.29) is 11.3 Å². The predicted octanol–water partition coefficient (Wildman–Crippen LogP) is 0.825. The fourth-order valence-electron chi connectivity index (χ4n) is 2.00. The van der Waals surface area contributed by atoms with E-state index in [1.807, 2.05) is 20.8 Å². The predicted molar refractivity (Wildman–Crippen MR) is 64.4 cm³/mol. The SMILES string of the molecule is CC(C)(C)[C@H](N)C(=O)N1CCCC[C@H]1C(=O)O. The van der Waals surface area contributed by atoms with Crippen molar-refractivity contribution in [2.45, 2.75) is 52.1 Å². The average molecular weight is 242 g/mol. The molecule has 0 aliphatic carbocycles. The second-order valence-corrected chi connectivity index (χ2v) is 5.73. The van der Waals surface area contributed by atoms with Gasteiger partial charge < -0.3 is 15.7 Å². The van der Waals surface area contributed by atoms with E-state index < -0.39 is 18.1 Å². The van der Waals surface area contributed by atoms with Crippen LogP contribution in [0.4, 0.5) is 0 Å². The molecule has 98 valence electrons. The van der Waals surface area contributed by atoms with Crippen molar-refractivity contribution in [3.63, 3.8) is 0 Å². The molecule has 0 unspecified atom stereocenters. The number of carboxylic acid groups (broad SMARTS) is 1. The summed E-state index contributed by atoms with van der Waals surface area (Å²) in [5, 5.41) is 9.11. The molecule has 2 atom stereocenters. The Morgan fingerprint density at radius 1 is 1.35 bits per heavy atom. The molecule has 0 aromatic carbocycles. The van der Waals surface area contributed by atoms with Crippen molar-refractivity contribution >= 4 is 11.9 Å². The zero-order valence-corrected chi connectivity index (χ0v) is 10.8. The van der Waals surface area contributed by atoms with Crippen molar-refractivity contribution in [1.29, 1.82) is 0 Å². The van der Waals surface area contributed by atoms with Crippen LogP contribution in [0, 0.1) is 5.41 Å². The van der Waals surface area contributed by atoms with Gasteiger partial charge in [0, 0.05) is 6.54 Å². The highest BCUT2D eigenvalue weighted by atomic mass is 16.4. The Hall–Kier alpha value is -1.10. The van der Waals surface area contributed by atoms with Gasteiger partial charge in [-0.05, 0) is 24.7 Å². The molecule has 0 spiro atoms. The minimum absolute atomic E-state index is 0.246. The van der Waals surface area contributed by atoms with Gasteiger partial charge in [0.2, 0.25) is 5.91 Å². The molecule has 1 aliphatic heterocycles. The molecule has 3 N–H and O–H groups in total. The summed E-state index contributed by atoms with van der Waals surface area (Å²) in [6, 6.07) is -1.35. The van der Waals surface area contributed by atoms with Crippen LogP contribution in [0.3, 0.4) is 0 Å². The van der Waals surface area contributed by atoms with Crippen molar-refractivity contribution in [2.24, 2.45) is 11.1 Å². The third kappa shape index (κ3) is 3.19. The van der Waals surface area contributed by atoms with E-state index in [1.54, 1.807) is 0 Å². The van der Waals surface area contributed by atoms with Crippen LogP contribution >= 0.6 is 0 Å². The molecule has 1 aliphatic rings. The van der Waals surface area contributed by atoms with E-state index >= 15 is 0 Å². The first-order valence-electron chi connectivity index (χ1n) is 6.04. The van der Waals surface area contributed by atoms with Crippen molar-refractivity contribution in [3.8, 4) is 0 Å². The first-order chi connectivity index (χ1) is 7.75. The van der Waals surface area contributed by atoms with Crippen LogP contribution in [0.25, 0.3) is 0 Å². The fourth-order valence-corrected chi connectivity index (χ4v) is 2.00. The minimum atomic E-state index is -0.931. The van der Waals surface area contributed by atoms with Crippen LogP contribution in [0.15, 0.2) is 0 Å². The smallest absolute Gasteiger partial charge is 0.326 e. The van der Waals surface area contributed by atoms with Crippen LogP contribution < -0.4 is 5.73 Å². The number of carbonyl (C=O) groups is 2. The maximum atomic E-state index is 12.2. The van der Waals surface area contributed by atoms with Crippen LogP contribution in [0.5, 0.6) is 0 Å². The largest absolute Gasteiger partial charge is 0.480 e. The van der Waals surface area contributed by atoms with Gasteiger partial charge in [-0.3, -0.25) is 4.79 Å². The number of hydrogen-bond donors (Lipinski definition) is 2. The minimum Gasteiger partial charge on any atom is -0.480 e. The summed E-state index contributed by atoms with van der Waals surface area (Å²) in [7, 11) is 0. The van der Waals surface area contributed by atoms with Crippen LogP contribution in [0.1, 0.15) is 40.0 Å². The van der Waals surface area contributed by atoms with E-state index in [1.165, 1.54) is 4.90 Å². The number of amides is 1. The van der Waals surface area contributed by atoms with Crippen molar-refractivity contribution < 1.29 is 14.7 Å². The molecule has 5 nitrogen and oxygen atoms in total. The number of carboxylic acids is 1. The molecule has 17 heavy (non-hydrogen) atoms. The zero-order valence-electron chi connectivity index (χ0n) is 10.8. The zero-order chi connectivity index (χ0) is 13.2. The first kappa shape index (κ1) is 14.0. The monoisotopic (exact) mass is 242 g/mol. The summed E-state index contributed by atoms with van der Waals surface area (Å²) < 4.78 is 0. The van der Waals surface area contributed by atoms with Gasteiger partial charge in [0.25, 0.3) is 0 Å². The van der Waals surface area contributed by atoms with Crippen molar-refractivity contribution in [1.82, 2.24) is 4.90 Å². The standard InChI is InChI=1S/C12H22N2O3/c1-12(2,3)9(13)10(15)14-7-5-4-6-8(14)11(16)17/h8-9H,4-7,13H2,1-3H3,(H,16,17)/t8-,9+/m0/s1. The van der Waals surface area contributed by atoms with Gasteiger partial charge in [0.15, 0.2) is 0 Å². The van der Waals surface area contributed by atoms with Gasteiger partial charge >= 0.3 is 5.97 Å². The van der Waals surface area contributed by atoms with E-state index in [4.69, 9.17) is 10.8 Å². The highest BCUT2D eigenvalue weighted by molar-refractivity contribution is 5.87. The summed E-state index contributed by atoms with van der Waals surface area (Å²) in [5.74, 6) is -1.18. The Bertz CT molecular complexity index is 309. The maximum Gasteiger partial charge on any atom is 0.326 e. The Morgan fingerprint density at radius 3 is 2.41 bits per heavy atom. The second kappa shape index (κ2) is 5.04. The number of nitrogens with two attached hydrogens (primary N) is 1. The van der Waals surface area contributed by atoms with Gasteiger partial charge in [-0.1, -0.05) is 20.8 Å². The molecule has 1 saturated heterocycles. The lowest BCUT2D eigenvalue weighted by molar-refractivity contribution is -0.153. The summed E-state index contributed by atoms with van der Waals surface area (Å²) in [6.45, 7) is 6.15. The number of aliphatic carboxylic acids is 1. The van der Waals surface area contributed by atoms with E-state index in [9.17, 15) is 9.59 Å². The Balaban J connectivity index is 2.82. The molecule has 0 aromatic rings. The van der Waals surface area contributed by atoms with Crippen molar-refractivity contribution in [2.75, 3.05) is 6.54 Å². The van der Waals surface area contributed by atoms with Gasteiger partial charge in [0.05, 0.1) is 6.04 Å².